The summed E-state index contributed by atoms with van der Waals surface area (Å²) in [6.07, 6.45) is -0.525. The molecule has 0 bridgehead atoms. The Morgan fingerprint density at radius 2 is 2.08 bits per heavy atom. The average molecular weight is 171 g/mol. The van der Waals surface area contributed by atoms with Gasteiger partial charge in [0.15, 0.2) is 11.9 Å². The lowest BCUT2D eigenvalue weighted by atomic mass is 10.2. The summed E-state index contributed by atoms with van der Waals surface area (Å²) in [7, 11) is 0. The first-order valence-electron chi connectivity index (χ1n) is 4.16. The molecule has 2 rings (SSSR count). The van der Waals surface area contributed by atoms with Gasteiger partial charge in [0.2, 0.25) is 0 Å². The largest absolute Gasteiger partial charge is 0.349 e. The van der Waals surface area contributed by atoms with Crippen molar-refractivity contribution in [3.63, 3.8) is 0 Å². The van der Waals surface area contributed by atoms with E-state index in [1.54, 1.807) is 0 Å². The van der Waals surface area contributed by atoms with Crippen molar-refractivity contribution in [1.82, 2.24) is 5.32 Å². The van der Waals surface area contributed by atoms with Gasteiger partial charge in [0, 0.05) is 0 Å². The van der Waals surface area contributed by atoms with E-state index >= 15 is 0 Å². The molecule has 3 atom stereocenters. The zero-order valence-corrected chi connectivity index (χ0v) is 7.46. The van der Waals surface area contributed by atoms with Crippen LogP contribution in [0.25, 0.3) is 0 Å². The van der Waals surface area contributed by atoms with Crippen molar-refractivity contribution in [1.29, 1.82) is 0 Å². The number of amides is 1. The number of hydrogen-bond acceptors (Lipinski definition) is 3. The molecule has 0 aromatic rings. The van der Waals surface area contributed by atoms with Crippen LogP contribution in [0, 0.1) is 0 Å². The van der Waals surface area contributed by atoms with E-state index in [4.69, 9.17) is 9.47 Å². The fourth-order valence-electron chi connectivity index (χ4n) is 1.75. The number of carbonyl (C=O) groups excluding carboxylic acids is 1. The van der Waals surface area contributed by atoms with E-state index in [9.17, 15) is 4.79 Å². The molecule has 2 aliphatic rings. The third-order valence-corrected chi connectivity index (χ3v) is 2.25. The Balaban J connectivity index is 2.20. The van der Waals surface area contributed by atoms with E-state index in [0.717, 1.165) is 0 Å². The summed E-state index contributed by atoms with van der Waals surface area (Å²) < 4.78 is 11.0. The van der Waals surface area contributed by atoms with Gasteiger partial charge in [-0.1, -0.05) is 0 Å². The quantitative estimate of drug-likeness (QED) is 0.559. The van der Waals surface area contributed by atoms with Crippen LogP contribution in [-0.2, 0) is 14.3 Å². The molecule has 3 unspecified atom stereocenters. The highest BCUT2D eigenvalue weighted by molar-refractivity contribution is 5.84. The summed E-state index contributed by atoms with van der Waals surface area (Å²) in [4.78, 5) is 11.2. The Labute approximate surface area is 71.2 Å². The van der Waals surface area contributed by atoms with Crippen molar-refractivity contribution in [2.75, 3.05) is 0 Å². The highest BCUT2D eigenvalue weighted by Crippen LogP contribution is 2.32. The first kappa shape index (κ1) is 8.01. The van der Waals surface area contributed by atoms with Crippen molar-refractivity contribution >= 4 is 5.91 Å². The summed E-state index contributed by atoms with van der Waals surface area (Å²) in [6, 6.07) is 0.0595. The van der Waals surface area contributed by atoms with E-state index in [0.29, 0.717) is 0 Å². The van der Waals surface area contributed by atoms with Gasteiger partial charge < -0.3 is 14.8 Å². The smallest absolute Gasteiger partial charge is 0.252 e. The maximum atomic E-state index is 11.2. The SMILES string of the molecule is CC1NC(=O)C2OC(C)(C)OC12. The molecule has 2 heterocycles. The van der Waals surface area contributed by atoms with Gasteiger partial charge in [0.05, 0.1) is 6.04 Å². The normalized spacial score (nSPS) is 44.2. The van der Waals surface area contributed by atoms with Crippen LogP contribution in [0.3, 0.4) is 0 Å². The molecule has 4 heteroatoms. The Morgan fingerprint density at radius 3 is 2.67 bits per heavy atom. The predicted molar refractivity (Wildman–Crippen MR) is 41.4 cm³/mol. The summed E-state index contributed by atoms with van der Waals surface area (Å²) in [5.41, 5.74) is 0. The van der Waals surface area contributed by atoms with E-state index in [1.807, 2.05) is 20.8 Å². The van der Waals surface area contributed by atoms with Crippen LogP contribution in [0.4, 0.5) is 0 Å². The molecule has 68 valence electrons. The molecule has 2 aliphatic heterocycles. The Bertz CT molecular complexity index is 226. The van der Waals surface area contributed by atoms with E-state index < -0.39 is 11.9 Å². The fraction of sp³-hybridized carbons (Fsp3) is 0.875. The summed E-state index contributed by atoms with van der Waals surface area (Å²) >= 11 is 0. The van der Waals surface area contributed by atoms with Crippen molar-refractivity contribution < 1.29 is 14.3 Å². The molecule has 0 spiro atoms. The maximum absolute atomic E-state index is 11.2. The number of rotatable bonds is 0. The molecule has 12 heavy (non-hydrogen) atoms. The second-order valence-electron chi connectivity index (χ2n) is 3.82. The minimum atomic E-state index is -0.610. The lowest BCUT2D eigenvalue weighted by Crippen LogP contribution is -2.34. The fourth-order valence-corrected chi connectivity index (χ4v) is 1.75. The highest BCUT2D eigenvalue weighted by Gasteiger charge is 2.52. The van der Waals surface area contributed by atoms with E-state index in [1.165, 1.54) is 0 Å². The van der Waals surface area contributed by atoms with Gasteiger partial charge in [-0.2, -0.15) is 0 Å². The van der Waals surface area contributed by atoms with E-state index in [-0.39, 0.29) is 18.1 Å². The van der Waals surface area contributed by atoms with Crippen molar-refractivity contribution in [2.24, 2.45) is 0 Å². The monoisotopic (exact) mass is 171 g/mol. The minimum absolute atomic E-state index is 0.0573. The van der Waals surface area contributed by atoms with Crippen LogP contribution in [-0.4, -0.2) is 29.9 Å². The lowest BCUT2D eigenvalue weighted by Gasteiger charge is -2.19. The van der Waals surface area contributed by atoms with Gasteiger partial charge in [-0.05, 0) is 20.8 Å². The molecule has 2 fully saturated rings. The van der Waals surface area contributed by atoms with Gasteiger partial charge in [0.1, 0.15) is 6.10 Å². The molecular weight excluding hydrogens is 158 g/mol. The Morgan fingerprint density at radius 1 is 1.42 bits per heavy atom. The number of fused-ring (bicyclic) bond motifs is 1. The molecule has 1 N–H and O–H groups in total. The van der Waals surface area contributed by atoms with Gasteiger partial charge in [-0.3, -0.25) is 4.79 Å². The minimum Gasteiger partial charge on any atom is -0.349 e. The van der Waals surface area contributed by atoms with Gasteiger partial charge in [0.25, 0.3) is 5.91 Å². The van der Waals surface area contributed by atoms with Crippen LogP contribution in [0.1, 0.15) is 20.8 Å². The van der Waals surface area contributed by atoms with Crippen LogP contribution in [0.15, 0.2) is 0 Å². The maximum Gasteiger partial charge on any atom is 0.252 e. The molecule has 0 saturated carbocycles. The van der Waals surface area contributed by atoms with Crippen molar-refractivity contribution in [3.8, 4) is 0 Å². The van der Waals surface area contributed by atoms with Gasteiger partial charge >= 0.3 is 0 Å². The van der Waals surface area contributed by atoms with Crippen LogP contribution >= 0.6 is 0 Å². The molecule has 0 aliphatic carbocycles. The Hall–Kier alpha value is -0.610. The second kappa shape index (κ2) is 2.20. The van der Waals surface area contributed by atoms with Crippen LogP contribution in [0.2, 0.25) is 0 Å². The Kier molecular flexibility index (Phi) is 1.47. The zero-order valence-electron chi connectivity index (χ0n) is 7.46. The molecule has 4 nitrogen and oxygen atoms in total. The third kappa shape index (κ3) is 1.03. The average Bonchev–Trinajstić information content (AvgIpc) is 2.34. The topological polar surface area (TPSA) is 47.6 Å². The first-order valence-corrected chi connectivity index (χ1v) is 4.16. The summed E-state index contributed by atoms with van der Waals surface area (Å²) in [6.45, 7) is 5.57. The van der Waals surface area contributed by atoms with Crippen LogP contribution < -0.4 is 5.32 Å². The third-order valence-electron chi connectivity index (χ3n) is 2.25. The first-order chi connectivity index (χ1) is 5.49. The van der Waals surface area contributed by atoms with Gasteiger partial charge in [-0.25, -0.2) is 0 Å². The molecule has 0 aromatic heterocycles. The van der Waals surface area contributed by atoms with Gasteiger partial charge in [-0.15, -0.1) is 0 Å². The van der Waals surface area contributed by atoms with Crippen molar-refractivity contribution in [3.05, 3.63) is 0 Å². The number of hydrogen-bond donors (Lipinski definition) is 1. The predicted octanol–water partition coefficient (Wildman–Crippen LogP) is 0.0248. The molecule has 1 amide bonds. The van der Waals surface area contributed by atoms with Crippen LogP contribution in [0.5, 0.6) is 0 Å². The molecule has 2 saturated heterocycles. The second-order valence-corrected chi connectivity index (χ2v) is 3.82. The number of ether oxygens (including phenoxy) is 2. The standard InChI is InChI=1S/C8H13NO3/c1-4-5-6(7(10)9-4)12-8(2,3)11-5/h4-6H,1-3H3,(H,9,10). The lowest BCUT2D eigenvalue weighted by molar-refractivity contribution is -0.162. The van der Waals surface area contributed by atoms with E-state index in [2.05, 4.69) is 5.32 Å². The number of carbonyl (C=O) groups is 1. The zero-order chi connectivity index (χ0) is 8.93. The summed E-state index contributed by atoms with van der Waals surface area (Å²) in [5, 5.41) is 2.77. The summed E-state index contributed by atoms with van der Waals surface area (Å²) in [5.74, 6) is -0.667. The number of nitrogens with one attached hydrogen (secondary N) is 1. The van der Waals surface area contributed by atoms with Crippen molar-refractivity contribution in [2.45, 2.75) is 44.8 Å². The molecular formula is C8H13NO3. The highest BCUT2D eigenvalue weighted by atomic mass is 16.8. The molecule has 0 radical (unpaired) electrons. The molecule has 0 aromatic carbocycles.